The number of carbonyl (C=O) groups is 2. The van der Waals surface area contributed by atoms with Gasteiger partial charge in [0.2, 0.25) is 0 Å². The standard InChI is InChI=1S/C18H23N3O2/c1-20(15-9-8-13-6-2-3-7-14(13)15)12-21-16(22)18(19-17(21)23)10-4-5-11-18/h2-3,6-7,15H,4-5,8-12H2,1H3,(H,19,23)/t15-/m0/s1. The molecule has 0 unspecified atom stereocenters. The molecule has 1 aromatic carbocycles. The highest BCUT2D eigenvalue weighted by molar-refractivity contribution is 6.07. The molecule has 23 heavy (non-hydrogen) atoms. The van der Waals surface area contributed by atoms with Gasteiger partial charge in [-0.1, -0.05) is 37.1 Å². The smallest absolute Gasteiger partial charge is 0.323 e. The highest BCUT2D eigenvalue weighted by Gasteiger charge is 2.52. The van der Waals surface area contributed by atoms with Gasteiger partial charge in [0.1, 0.15) is 5.54 Å². The number of carbonyl (C=O) groups excluding carboxylic acids is 2. The van der Waals surface area contributed by atoms with Crippen LogP contribution in [0.3, 0.4) is 0 Å². The van der Waals surface area contributed by atoms with E-state index in [0.29, 0.717) is 6.67 Å². The molecule has 2 fully saturated rings. The van der Waals surface area contributed by atoms with Gasteiger partial charge in [0.25, 0.3) is 5.91 Å². The number of rotatable bonds is 3. The number of imide groups is 1. The van der Waals surface area contributed by atoms with Gasteiger partial charge in [-0.2, -0.15) is 0 Å². The molecule has 3 amide bonds. The van der Waals surface area contributed by atoms with Crippen LogP contribution in [0.2, 0.25) is 0 Å². The molecule has 1 aromatic rings. The van der Waals surface area contributed by atoms with Crippen molar-refractivity contribution in [1.82, 2.24) is 15.1 Å². The molecular formula is C18H23N3O2. The summed E-state index contributed by atoms with van der Waals surface area (Å²) in [7, 11) is 2.01. The van der Waals surface area contributed by atoms with Crippen LogP contribution in [0.4, 0.5) is 4.79 Å². The third-order valence-corrected chi connectivity index (χ3v) is 5.70. The largest absolute Gasteiger partial charge is 0.326 e. The van der Waals surface area contributed by atoms with Crippen LogP contribution in [0.5, 0.6) is 0 Å². The predicted octanol–water partition coefficient (Wildman–Crippen LogP) is 2.43. The Kier molecular flexibility index (Phi) is 3.41. The summed E-state index contributed by atoms with van der Waals surface area (Å²) in [4.78, 5) is 28.6. The number of hydrogen-bond acceptors (Lipinski definition) is 3. The number of hydrogen-bond donors (Lipinski definition) is 1. The summed E-state index contributed by atoms with van der Waals surface area (Å²) in [5.41, 5.74) is 2.11. The number of benzene rings is 1. The maximum absolute atomic E-state index is 12.8. The molecule has 0 bridgehead atoms. The van der Waals surface area contributed by atoms with Gasteiger partial charge < -0.3 is 5.32 Å². The predicted molar refractivity (Wildman–Crippen MR) is 86.7 cm³/mol. The summed E-state index contributed by atoms with van der Waals surface area (Å²) >= 11 is 0. The summed E-state index contributed by atoms with van der Waals surface area (Å²) in [6.07, 6.45) is 5.71. The van der Waals surface area contributed by atoms with E-state index in [1.807, 2.05) is 7.05 Å². The molecule has 122 valence electrons. The topological polar surface area (TPSA) is 52.6 Å². The highest BCUT2D eigenvalue weighted by Crippen LogP contribution is 2.37. The molecule has 1 N–H and O–H groups in total. The Balaban J connectivity index is 1.50. The second kappa shape index (κ2) is 5.34. The van der Waals surface area contributed by atoms with Gasteiger partial charge in [-0.3, -0.25) is 9.69 Å². The quantitative estimate of drug-likeness (QED) is 0.872. The minimum absolute atomic E-state index is 0.0295. The number of urea groups is 1. The van der Waals surface area contributed by atoms with Crippen LogP contribution in [-0.4, -0.2) is 41.0 Å². The van der Waals surface area contributed by atoms with E-state index in [2.05, 4.69) is 34.5 Å². The fourth-order valence-electron chi connectivity index (χ4n) is 4.44. The monoisotopic (exact) mass is 313 g/mol. The van der Waals surface area contributed by atoms with Gasteiger partial charge in [0, 0.05) is 6.04 Å². The van der Waals surface area contributed by atoms with E-state index in [-0.39, 0.29) is 18.0 Å². The van der Waals surface area contributed by atoms with Crippen molar-refractivity contribution in [3.05, 3.63) is 35.4 Å². The Hall–Kier alpha value is -1.88. The summed E-state index contributed by atoms with van der Waals surface area (Å²) < 4.78 is 0. The van der Waals surface area contributed by atoms with Crippen LogP contribution in [0.25, 0.3) is 0 Å². The molecule has 3 aliphatic rings. The van der Waals surface area contributed by atoms with Crippen LogP contribution in [0.15, 0.2) is 24.3 Å². The van der Waals surface area contributed by atoms with Crippen LogP contribution < -0.4 is 5.32 Å². The number of nitrogens with zero attached hydrogens (tertiary/aromatic N) is 2. The fourth-order valence-corrected chi connectivity index (χ4v) is 4.44. The lowest BCUT2D eigenvalue weighted by molar-refractivity contribution is -0.132. The van der Waals surface area contributed by atoms with Crippen molar-refractivity contribution in [2.24, 2.45) is 0 Å². The second-order valence-corrected chi connectivity index (χ2v) is 7.10. The maximum atomic E-state index is 12.8. The first-order valence-corrected chi connectivity index (χ1v) is 8.53. The fraction of sp³-hybridized carbons (Fsp3) is 0.556. The van der Waals surface area contributed by atoms with Gasteiger partial charge >= 0.3 is 6.03 Å². The molecule has 1 atom stereocenters. The van der Waals surface area contributed by atoms with E-state index >= 15 is 0 Å². The van der Waals surface area contributed by atoms with Crippen molar-refractivity contribution in [3.63, 3.8) is 0 Å². The van der Waals surface area contributed by atoms with Crippen LogP contribution >= 0.6 is 0 Å². The van der Waals surface area contributed by atoms with Gasteiger partial charge in [-0.25, -0.2) is 9.69 Å². The van der Waals surface area contributed by atoms with E-state index in [1.165, 1.54) is 16.0 Å². The van der Waals surface area contributed by atoms with Crippen molar-refractivity contribution in [1.29, 1.82) is 0 Å². The lowest BCUT2D eigenvalue weighted by Crippen LogP contribution is -2.45. The summed E-state index contributed by atoms with van der Waals surface area (Å²) in [5.74, 6) is -0.0295. The molecular weight excluding hydrogens is 290 g/mol. The second-order valence-electron chi connectivity index (χ2n) is 7.10. The molecule has 0 radical (unpaired) electrons. The van der Waals surface area contributed by atoms with Crippen LogP contribution in [0, 0.1) is 0 Å². The van der Waals surface area contributed by atoms with E-state index in [1.54, 1.807) is 0 Å². The zero-order valence-corrected chi connectivity index (χ0v) is 13.5. The molecule has 1 saturated carbocycles. The normalized spacial score (nSPS) is 25.5. The first kappa shape index (κ1) is 14.7. The molecule has 1 heterocycles. The highest BCUT2D eigenvalue weighted by atomic mass is 16.2. The first-order chi connectivity index (χ1) is 11.1. The van der Waals surface area contributed by atoms with Crippen LogP contribution in [0.1, 0.15) is 49.3 Å². The molecule has 1 aliphatic heterocycles. The number of fused-ring (bicyclic) bond motifs is 1. The van der Waals surface area contributed by atoms with Gasteiger partial charge in [0.15, 0.2) is 0 Å². The molecule has 5 nitrogen and oxygen atoms in total. The van der Waals surface area contributed by atoms with E-state index in [4.69, 9.17) is 0 Å². The van der Waals surface area contributed by atoms with Crippen molar-refractivity contribution in [3.8, 4) is 0 Å². The van der Waals surface area contributed by atoms with Crippen molar-refractivity contribution < 1.29 is 9.59 Å². The number of amides is 3. The Labute approximate surface area is 136 Å². The Morgan fingerprint density at radius 2 is 2.00 bits per heavy atom. The zero-order valence-electron chi connectivity index (χ0n) is 13.5. The van der Waals surface area contributed by atoms with E-state index in [0.717, 1.165) is 38.5 Å². The molecule has 2 aliphatic carbocycles. The SMILES string of the molecule is CN(CN1C(=O)NC2(CCCC2)C1=O)[C@H]1CCc2ccccc21. The minimum Gasteiger partial charge on any atom is -0.323 e. The average molecular weight is 313 g/mol. The molecule has 5 heteroatoms. The molecule has 1 spiro atoms. The summed E-state index contributed by atoms with van der Waals surface area (Å²) in [6, 6.07) is 8.52. The van der Waals surface area contributed by atoms with Crippen molar-refractivity contribution in [2.75, 3.05) is 13.7 Å². The molecule has 1 saturated heterocycles. The van der Waals surface area contributed by atoms with Gasteiger partial charge in [0.05, 0.1) is 6.67 Å². The third kappa shape index (κ3) is 2.26. The molecule has 0 aromatic heterocycles. The Bertz CT molecular complexity index is 651. The first-order valence-electron chi connectivity index (χ1n) is 8.53. The number of aryl methyl sites for hydroxylation is 1. The third-order valence-electron chi connectivity index (χ3n) is 5.70. The summed E-state index contributed by atoms with van der Waals surface area (Å²) in [6.45, 7) is 0.366. The zero-order chi connectivity index (χ0) is 16.0. The lowest BCUT2D eigenvalue weighted by Gasteiger charge is -2.29. The van der Waals surface area contributed by atoms with Gasteiger partial charge in [-0.15, -0.1) is 0 Å². The van der Waals surface area contributed by atoms with Crippen molar-refractivity contribution >= 4 is 11.9 Å². The lowest BCUT2D eigenvalue weighted by atomic mass is 9.98. The van der Waals surface area contributed by atoms with Crippen LogP contribution in [-0.2, 0) is 11.2 Å². The average Bonchev–Trinajstić information content (AvgIpc) is 3.23. The minimum atomic E-state index is -0.606. The van der Waals surface area contributed by atoms with Crippen molar-refractivity contribution in [2.45, 2.75) is 50.1 Å². The van der Waals surface area contributed by atoms with E-state index < -0.39 is 5.54 Å². The Morgan fingerprint density at radius 1 is 1.26 bits per heavy atom. The Morgan fingerprint density at radius 3 is 2.78 bits per heavy atom. The maximum Gasteiger partial charge on any atom is 0.326 e. The summed E-state index contributed by atoms with van der Waals surface area (Å²) in [5, 5.41) is 2.95. The van der Waals surface area contributed by atoms with Gasteiger partial charge in [-0.05, 0) is 43.9 Å². The molecule has 4 rings (SSSR count). The number of nitrogens with one attached hydrogen (secondary N) is 1. The van der Waals surface area contributed by atoms with E-state index in [9.17, 15) is 9.59 Å².